The Morgan fingerprint density at radius 2 is 1.15 bits per heavy atom. The van der Waals surface area contributed by atoms with E-state index in [0.29, 0.717) is 51.0 Å². The summed E-state index contributed by atoms with van der Waals surface area (Å²) in [7, 11) is 0.0425. The van der Waals surface area contributed by atoms with Crippen LogP contribution in [0.1, 0.15) is 22.3 Å². The molecule has 0 unspecified atom stereocenters. The third kappa shape index (κ3) is 8.14. The van der Waals surface area contributed by atoms with Crippen molar-refractivity contribution in [3.05, 3.63) is 82.3 Å². The van der Waals surface area contributed by atoms with Crippen LogP contribution in [0.2, 0.25) is 0 Å². The first kappa shape index (κ1) is 29.9. The number of benzene rings is 3. The molecule has 0 amide bonds. The van der Waals surface area contributed by atoms with Gasteiger partial charge in [-0.3, -0.25) is 0 Å². The first-order chi connectivity index (χ1) is 18.5. The van der Waals surface area contributed by atoms with Crippen LogP contribution >= 0.6 is 0 Å². The third-order valence-corrected chi connectivity index (χ3v) is 8.64. The van der Waals surface area contributed by atoms with Crippen LogP contribution in [0.4, 0.5) is 0 Å². The molecule has 0 spiro atoms. The zero-order valence-corrected chi connectivity index (χ0v) is 24.1. The molecule has 0 fully saturated rings. The molecule has 210 valence electrons. The van der Waals surface area contributed by atoms with Crippen LogP contribution in [0.5, 0.6) is 28.7 Å². The smallest absolute Gasteiger partial charge is 0.175 e. The lowest BCUT2D eigenvalue weighted by Crippen LogP contribution is -2.09. The molecule has 0 aliphatic carbocycles. The molecule has 0 bridgehead atoms. The Morgan fingerprint density at radius 3 is 1.69 bits per heavy atom. The predicted molar refractivity (Wildman–Crippen MR) is 150 cm³/mol. The summed E-state index contributed by atoms with van der Waals surface area (Å²) in [5.41, 5.74) is 1.84. The Balaban J connectivity index is 1.83. The molecule has 0 saturated carbocycles. The molecule has 3 rings (SSSR count). The number of hydrogen-bond donors (Lipinski definition) is 0. The Kier molecular flexibility index (Phi) is 9.87. The van der Waals surface area contributed by atoms with Gasteiger partial charge in [0.05, 0.1) is 58.4 Å². The number of sulfone groups is 2. The monoisotopic (exact) mass is 576 g/mol. The van der Waals surface area contributed by atoms with E-state index in [1.165, 1.54) is 41.6 Å². The van der Waals surface area contributed by atoms with Gasteiger partial charge in [-0.15, -0.1) is 0 Å². The zero-order valence-electron chi connectivity index (χ0n) is 22.5. The number of hydrogen-bond acceptors (Lipinski definition) is 9. The van der Waals surface area contributed by atoms with Crippen molar-refractivity contribution in [2.45, 2.75) is 17.3 Å². The maximum absolute atomic E-state index is 13.0. The molecule has 11 heteroatoms. The topological polar surface area (TPSA) is 114 Å². The molecule has 0 saturated heterocycles. The van der Waals surface area contributed by atoms with E-state index in [4.69, 9.17) is 23.7 Å². The minimum Gasteiger partial charge on any atom is -0.497 e. The highest BCUT2D eigenvalue weighted by Crippen LogP contribution is 2.35. The summed E-state index contributed by atoms with van der Waals surface area (Å²) in [4.78, 5) is 0. The average molecular weight is 577 g/mol. The normalized spacial score (nSPS) is 11.8. The lowest BCUT2D eigenvalue weighted by atomic mass is 10.1. The van der Waals surface area contributed by atoms with Gasteiger partial charge in [-0.25, -0.2) is 16.8 Å². The molecule has 0 heterocycles. The zero-order chi connectivity index (χ0) is 28.6. The number of rotatable bonds is 13. The van der Waals surface area contributed by atoms with E-state index in [1.54, 1.807) is 54.6 Å². The van der Waals surface area contributed by atoms with Crippen molar-refractivity contribution in [1.82, 2.24) is 0 Å². The molecule has 0 atom stereocenters. The molecule has 0 aromatic heterocycles. The van der Waals surface area contributed by atoms with Gasteiger partial charge >= 0.3 is 0 Å². The van der Waals surface area contributed by atoms with Gasteiger partial charge in [0.15, 0.2) is 19.7 Å². The summed E-state index contributed by atoms with van der Waals surface area (Å²) in [6, 6.07) is 14.7. The van der Waals surface area contributed by atoms with Gasteiger partial charge in [0.2, 0.25) is 0 Å². The van der Waals surface area contributed by atoms with E-state index in [0.717, 1.165) is 5.41 Å². The lowest BCUT2D eigenvalue weighted by molar-refractivity contribution is 0.374. The second kappa shape index (κ2) is 12.9. The maximum atomic E-state index is 13.0. The van der Waals surface area contributed by atoms with Crippen LogP contribution in [-0.2, 0) is 36.9 Å². The van der Waals surface area contributed by atoms with Gasteiger partial charge in [-0.2, -0.15) is 0 Å². The van der Waals surface area contributed by atoms with Crippen LogP contribution in [0.15, 0.2) is 60.0 Å². The summed E-state index contributed by atoms with van der Waals surface area (Å²) in [6.07, 6.45) is 1.40. The Morgan fingerprint density at radius 1 is 0.590 bits per heavy atom. The molecular weight excluding hydrogens is 544 g/mol. The van der Waals surface area contributed by atoms with Crippen molar-refractivity contribution in [1.29, 1.82) is 0 Å². The summed E-state index contributed by atoms with van der Waals surface area (Å²) >= 11 is 0. The largest absolute Gasteiger partial charge is 0.497 e. The van der Waals surface area contributed by atoms with Crippen LogP contribution in [0.3, 0.4) is 0 Å². The van der Waals surface area contributed by atoms with Crippen LogP contribution in [-0.4, -0.2) is 52.4 Å². The minimum absolute atomic E-state index is 0.184. The quantitative estimate of drug-likeness (QED) is 0.291. The van der Waals surface area contributed by atoms with Gasteiger partial charge in [-0.05, 0) is 35.4 Å². The highest BCUT2D eigenvalue weighted by molar-refractivity contribution is 7.93. The van der Waals surface area contributed by atoms with E-state index in [9.17, 15) is 16.8 Å². The Labute approximate surface area is 229 Å². The van der Waals surface area contributed by atoms with E-state index < -0.39 is 19.7 Å². The summed E-state index contributed by atoms with van der Waals surface area (Å²) in [6.45, 7) is 0. The van der Waals surface area contributed by atoms with Crippen LogP contribution < -0.4 is 23.7 Å². The van der Waals surface area contributed by atoms with E-state index >= 15 is 0 Å². The maximum Gasteiger partial charge on any atom is 0.175 e. The second-order valence-corrected chi connectivity index (χ2v) is 12.5. The molecule has 0 aliphatic rings. The fourth-order valence-corrected chi connectivity index (χ4v) is 6.53. The van der Waals surface area contributed by atoms with Gasteiger partial charge < -0.3 is 23.7 Å². The molecule has 3 aromatic rings. The standard InChI is InChI=1S/C28H32O9S2/c1-33-23-9-6-20(7-10-23)17-39(31,32)19-22-14-21(8-11-26(22)35-3)18-38(29,30)13-12-25-27(36-4)15-24(34-2)16-28(25)37-5/h6-16H,17-19H2,1-5H3/b13-12+. The Hall–Kier alpha value is -3.70. The first-order valence-electron chi connectivity index (χ1n) is 11.7. The van der Waals surface area contributed by atoms with Gasteiger partial charge in [-0.1, -0.05) is 24.3 Å². The molecule has 0 aliphatic heterocycles. The van der Waals surface area contributed by atoms with Gasteiger partial charge in [0, 0.05) is 23.1 Å². The van der Waals surface area contributed by atoms with Crippen molar-refractivity contribution < 1.29 is 40.5 Å². The number of methoxy groups -OCH3 is 5. The summed E-state index contributed by atoms with van der Waals surface area (Å²) in [5, 5.41) is 1.07. The second-order valence-electron chi connectivity index (χ2n) is 8.58. The molecule has 3 aromatic carbocycles. The molecule has 0 N–H and O–H groups in total. The fraction of sp³-hybridized carbons (Fsp3) is 0.286. The molecule has 0 radical (unpaired) electrons. The SMILES string of the molecule is COc1ccc(CS(=O)(=O)Cc2cc(CS(=O)(=O)/C=C/c3c(OC)cc(OC)cc3OC)ccc2OC)cc1. The van der Waals surface area contributed by atoms with Gasteiger partial charge in [0.1, 0.15) is 28.7 Å². The highest BCUT2D eigenvalue weighted by atomic mass is 32.2. The van der Waals surface area contributed by atoms with Crippen molar-refractivity contribution in [2.75, 3.05) is 35.5 Å². The van der Waals surface area contributed by atoms with Crippen molar-refractivity contribution in [3.8, 4) is 28.7 Å². The molecular formula is C28H32O9S2. The van der Waals surface area contributed by atoms with Crippen LogP contribution in [0.25, 0.3) is 6.08 Å². The van der Waals surface area contributed by atoms with Crippen molar-refractivity contribution >= 4 is 25.8 Å². The van der Waals surface area contributed by atoms with Gasteiger partial charge in [0.25, 0.3) is 0 Å². The summed E-state index contributed by atoms with van der Waals surface area (Å²) < 4.78 is 78.3. The van der Waals surface area contributed by atoms with Crippen molar-refractivity contribution in [3.63, 3.8) is 0 Å². The Bertz CT molecular complexity index is 1500. The van der Waals surface area contributed by atoms with Crippen LogP contribution in [0, 0.1) is 0 Å². The first-order valence-corrected chi connectivity index (χ1v) is 15.3. The van der Waals surface area contributed by atoms with E-state index in [2.05, 4.69) is 0 Å². The van der Waals surface area contributed by atoms with E-state index in [-0.39, 0.29) is 17.3 Å². The molecule has 39 heavy (non-hydrogen) atoms. The average Bonchev–Trinajstić information content (AvgIpc) is 2.91. The fourth-order valence-electron chi connectivity index (χ4n) is 3.95. The summed E-state index contributed by atoms with van der Waals surface area (Å²) in [5.74, 6) is 1.40. The van der Waals surface area contributed by atoms with E-state index in [1.807, 2.05) is 0 Å². The minimum atomic E-state index is -3.76. The lowest BCUT2D eigenvalue weighted by Gasteiger charge is -2.13. The third-order valence-electron chi connectivity index (χ3n) is 5.83. The molecule has 9 nitrogen and oxygen atoms in total. The van der Waals surface area contributed by atoms with Crippen molar-refractivity contribution in [2.24, 2.45) is 0 Å². The predicted octanol–water partition coefficient (Wildman–Crippen LogP) is 4.43. The number of ether oxygens (including phenoxy) is 5. The highest BCUT2D eigenvalue weighted by Gasteiger charge is 2.19.